The van der Waals surface area contributed by atoms with Crippen molar-refractivity contribution in [1.82, 2.24) is 0 Å². The van der Waals surface area contributed by atoms with Gasteiger partial charge in [-0.2, -0.15) is 0 Å². The molecule has 6 nitrogen and oxygen atoms in total. The number of amides is 1. The number of ketones is 1. The molecule has 11 heteroatoms. The smallest absolute Gasteiger partial charge is 0.325 e. The number of Topliss-reactive ketones (excluding diaryl/α,β-unsaturated/α-hetero) is 1. The van der Waals surface area contributed by atoms with Gasteiger partial charge in [0.1, 0.15) is 10.9 Å². The van der Waals surface area contributed by atoms with Crippen LogP contribution in [0.5, 0.6) is 0 Å². The van der Waals surface area contributed by atoms with Crippen LogP contribution in [0.1, 0.15) is 27.4 Å². The van der Waals surface area contributed by atoms with Gasteiger partial charge in [-0.3, -0.25) is 14.4 Å². The summed E-state index contributed by atoms with van der Waals surface area (Å²) in [6, 6.07) is 16.6. The molecule has 2 unspecified atom stereocenters. The molecule has 38 heavy (non-hydrogen) atoms. The van der Waals surface area contributed by atoms with E-state index in [2.05, 4.69) is 15.4 Å². The highest BCUT2D eigenvalue weighted by Crippen LogP contribution is 2.65. The van der Waals surface area contributed by atoms with Crippen LogP contribution in [0.3, 0.4) is 0 Å². The number of benzene rings is 3. The molecule has 0 aliphatic heterocycles. The van der Waals surface area contributed by atoms with Gasteiger partial charge in [-0.25, -0.2) is 0 Å². The second-order valence-electron chi connectivity index (χ2n) is 8.74. The highest BCUT2D eigenvalue weighted by Gasteiger charge is 2.67. The van der Waals surface area contributed by atoms with Gasteiger partial charge in [0.15, 0.2) is 5.78 Å². The van der Waals surface area contributed by atoms with E-state index in [0.717, 1.165) is 5.56 Å². The summed E-state index contributed by atoms with van der Waals surface area (Å²) in [7, 11) is 1.31. The summed E-state index contributed by atoms with van der Waals surface area (Å²) in [6.45, 7) is 0.0336. The molecular weight excluding hydrogens is 594 g/mol. The average Bonchev–Trinajstić information content (AvgIpc) is 3.45. The number of halogens is 5. The Balaban J connectivity index is 1.43. The number of nitrogens with one attached hydrogen (secondary N) is 2. The van der Waals surface area contributed by atoms with Crippen LogP contribution in [-0.4, -0.2) is 35.6 Å². The monoisotopic (exact) mass is 612 g/mol. The third-order valence-corrected chi connectivity index (χ3v) is 7.80. The van der Waals surface area contributed by atoms with Gasteiger partial charge in [-0.1, -0.05) is 46.9 Å². The molecule has 3 aromatic carbocycles. The first-order valence-corrected chi connectivity index (χ1v) is 13.3. The molecule has 0 saturated heterocycles. The van der Waals surface area contributed by atoms with E-state index >= 15 is 0 Å². The van der Waals surface area contributed by atoms with Gasteiger partial charge in [0.05, 0.1) is 18.1 Å². The van der Waals surface area contributed by atoms with Crippen molar-refractivity contribution < 1.29 is 19.1 Å². The van der Waals surface area contributed by atoms with Gasteiger partial charge in [0.2, 0.25) is 5.91 Å². The first-order chi connectivity index (χ1) is 18.0. The summed E-state index contributed by atoms with van der Waals surface area (Å²) in [4.78, 5) is 37.3. The molecule has 0 aromatic heterocycles. The molecule has 1 saturated carbocycles. The van der Waals surface area contributed by atoms with E-state index in [1.807, 2.05) is 0 Å². The van der Waals surface area contributed by atoms with E-state index in [-0.39, 0.29) is 35.3 Å². The fraction of sp³-hybridized carbons (Fsp3) is 0.222. The van der Waals surface area contributed by atoms with Gasteiger partial charge in [0, 0.05) is 39.3 Å². The van der Waals surface area contributed by atoms with Gasteiger partial charge >= 0.3 is 5.97 Å². The van der Waals surface area contributed by atoms with Crippen molar-refractivity contribution >= 4 is 87.0 Å². The van der Waals surface area contributed by atoms with Crippen molar-refractivity contribution in [3.63, 3.8) is 0 Å². The number of methoxy groups -OCH3 is 1. The summed E-state index contributed by atoms with van der Waals surface area (Å²) < 4.78 is 3.26. The minimum Gasteiger partial charge on any atom is -0.468 e. The Morgan fingerprint density at radius 2 is 1.53 bits per heavy atom. The molecule has 1 aliphatic carbocycles. The van der Waals surface area contributed by atoms with Crippen molar-refractivity contribution in [2.75, 3.05) is 24.3 Å². The fourth-order valence-electron chi connectivity index (χ4n) is 4.13. The third kappa shape index (κ3) is 6.56. The molecule has 0 heterocycles. The molecule has 2 atom stereocenters. The average molecular weight is 615 g/mol. The first-order valence-electron chi connectivity index (χ1n) is 11.4. The summed E-state index contributed by atoms with van der Waals surface area (Å²) in [5.41, 5.74) is 2.76. The lowest BCUT2D eigenvalue weighted by molar-refractivity contribution is -0.138. The second kappa shape index (κ2) is 11.7. The zero-order chi connectivity index (χ0) is 27.6. The van der Waals surface area contributed by atoms with E-state index in [1.165, 1.54) is 13.2 Å². The molecule has 1 fully saturated rings. The summed E-state index contributed by atoms with van der Waals surface area (Å²) in [5, 5.41) is 6.79. The summed E-state index contributed by atoms with van der Waals surface area (Å²) in [5.74, 6) is -2.28. The highest BCUT2D eigenvalue weighted by atomic mass is 35.5. The van der Waals surface area contributed by atoms with Gasteiger partial charge in [-0.05, 0) is 59.7 Å². The number of hydrogen-bond acceptors (Lipinski definition) is 5. The Hall–Kier alpha value is -2.48. The van der Waals surface area contributed by atoms with Crippen molar-refractivity contribution in [2.24, 2.45) is 5.92 Å². The van der Waals surface area contributed by atoms with E-state index < -0.39 is 22.1 Å². The lowest BCUT2D eigenvalue weighted by Crippen LogP contribution is -2.17. The molecule has 2 N–H and O–H groups in total. The zero-order valence-corrected chi connectivity index (χ0v) is 23.6. The van der Waals surface area contributed by atoms with Crippen LogP contribution in [0, 0.1) is 5.92 Å². The largest absolute Gasteiger partial charge is 0.468 e. The third-order valence-electron chi connectivity index (χ3n) is 6.10. The summed E-state index contributed by atoms with van der Waals surface area (Å²) in [6.07, 6.45) is 0.0844. The van der Waals surface area contributed by atoms with Crippen molar-refractivity contribution in [1.29, 1.82) is 0 Å². The second-order valence-corrected chi connectivity index (χ2v) is 11.5. The minimum absolute atomic E-state index is 0.0336. The molecule has 0 bridgehead atoms. The Morgan fingerprint density at radius 1 is 0.895 bits per heavy atom. The Morgan fingerprint density at radius 3 is 2.16 bits per heavy atom. The number of anilines is 2. The van der Waals surface area contributed by atoms with Crippen LogP contribution in [0.25, 0.3) is 0 Å². The topological polar surface area (TPSA) is 84.5 Å². The van der Waals surface area contributed by atoms with Gasteiger partial charge in [0.25, 0.3) is 0 Å². The molecule has 1 amide bonds. The van der Waals surface area contributed by atoms with Crippen LogP contribution in [0.4, 0.5) is 11.4 Å². The van der Waals surface area contributed by atoms with E-state index in [1.54, 1.807) is 54.6 Å². The van der Waals surface area contributed by atoms with Crippen molar-refractivity contribution in [3.8, 4) is 0 Å². The molecular formula is C27H21Cl5N2O4. The van der Waals surface area contributed by atoms with Gasteiger partial charge in [-0.15, -0.1) is 23.2 Å². The van der Waals surface area contributed by atoms with Crippen molar-refractivity contribution in [3.05, 3.63) is 92.4 Å². The number of esters is 1. The number of carbonyl (C=O) groups excluding carboxylic acids is 3. The lowest BCUT2D eigenvalue weighted by atomic mass is 10.0. The standard InChI is InChI=1S/C27H21Cl5N2O4/c1-38-23(36)13-33-18-4-2-14(3-5-18)8-22(35)20-12-19(6-7-21(20)30)34-26(37)25-24(27(25,31)32)15-9-16(28)11-17(29)10-15/h2-7,9-12,24-25,33H,8,13H2,1H3,(H,34,37). The maximum absolute atomic E-state index is 13.0. The van der Waals surface area contributed by atoms with Crippen LogP contribution < -0.4 is 10.6 Å². The molecule has 0 radical (unpaired) electrons. The summed E-state index contributed by atoms with van der Waals surface area (Å²) >= 11 is 31.4. The van der Waals surface area contributed by atoms with E-state index in [9.17, 15) is 14.4 Å². The van der Waals surface area contributed by atoms with Crippen LogP contribution in [0.2, 0.25) is 15.1 Å². The lowest BCUT2D eigenvalue weighted by Gasteiger charge is -2.10. The van der Waals surface area contributed by atoms with E-state index in [0.29, 0.717) is 27.0 Å². The number of hydrogen-bond donors (Lipinski definition) is 2. The molecule has 0 spiro atoms. The number of ether oxygens (including phenoxy) is 1. The number of rotatable bonds is 9. The first kappa shape index (κ1) is 28.5. The van der Waals surface area contributed by atoms with E-state index in [4.69, 9.17) is 58.0 Å². The predicted octanol–water partition coefficient (Wildman–Crippen LogP) is 7.18. The fourth-order valence-corrected chi connectivity index (χ4v) is 5.72. The maximum atomic E-state index is 13.0. The minimum atomic E-state index is -1.33. The maximum Gasteiger partial charge on any atom is 0.325 e. The number of carbonyl (C=O) groups is 3. The van der Waals surface area contributed by atoms with Crippen LogP contribution in [-0.2, 0) is 20.7 Å². The molecule has 4 rings (SSSR count). The Bertz CT molecular complexity index is 1370. The van der Waals surface area contributed by atoms with Gasteiger partial charge < -0.3 is 15.4 Å². The predicted molar refractivity (Wildman–Crippen MR) is 152 cm³/mol. The quantitative estimate of drug-likeness (QED) is 0.152. The normalized spacial score (nSPS) is 17.4. The highest BCUT2D eigenvalue weighted by molar-refractivity contribution is 6.53. The Kier molecular flexibility index (Phi) is 8.80. The molecule has 1 aliphatic rings. The zero-order valence-electron chi connectivity index (χ0n) is 19.9. The number of alkyl halides is 2. The SMILES string of the molecule is COC(=O)CNc1ccc(CC(=O)c2cc(NC(=O)C3C(c4cc(Cl)cc(Cl)c4)C3(Cl)Cl)ccc2Cl)cc1. The van der Waals surface area contributed by atoms with Crippen LogP contribution >= 0.6 is 58.0 Å². The van der Waals surface area contributed by atoms with Crippen LogP contribution in [0.15, 0.2) is 60.7 Å². The van der Waals surface area contributed by atoms with Crippen molar-refractivity contribution in [2.45, 2.75) is 16.7 Å². The Labute approximate surface area is 244 Å². The molecule has 198 valence electrons. The molecule has 3 aromatic rings.